The molecule has 3 aromatic carbocycles. The number of hydrogen-bond acceptors (Lipinski definition) is 4. The monoisotopic (exact) mass is 523 g/mol. The van der Waals surface area contributed by atoms with Gasteiger partial charge < -0.3 is 10.2 Å². The van der Waals surface area contributed by atoms with Crippen LogP contribution in [0, 0.1) is 17.7 Å². The van der Waals surface area contributed by atoms with Gasteiger partial charge in [-0.05, 0) is 79.1 Å². The van der Waals surface area contributed by atoms with Crippen molar-refractivity contribution < 1.29 is 17.6 Å². The van der Waals surface area contributed by atoms with Gasteiger partial charge in [0.1, 0.15) is 5.82 Å². The van der Waals surface area contributed by atoms with Gasteiger partial charge >= 0.3 is 0 Å². The van der Waals surface area contributed by atoms with Gasteiger partial charge in [-0.3, -0.25) is 9.52 Å². The molecule has 0 saturated carbocycles. The Hall–Kier alpha value is -3.39. The first-order valence-corrected chi connectivity index (χ1v) is 14.2. The van der Waals surface area contributed by atoms with Crippen molar-refractivity contribution in [2.24, 2.45) is 11.8 Å². The van der Waals surface area contributed by atoms with E-state index in [1.165, 1.54) is 17.7 Å². The predicted octanol–water partition coefficient (Wildman–Crippen LogP) is 5.47. The largest absolute Gasteiger partial charge is 0.371 e. The summed E-state index contributed by atoms with van der Waals surface area (Å²) in [6.45, 7) is 6.20. The molecular formula is C29H34FN3O3S. The molecule has 1 fully saturated rings. The highest BCUT2D eigenvalue weighted by atomic mass is 32.2. The summed E-state index contributed by atoms with van der Waals surface area (Å²) in [5.74, 6) is 0.109. The zero-order chi connectivity index (χ0) is 26.4. The molecule has 8 heteroatoms. The molecule has 37 heavy (non-hydrogen) atoms. The van der Waals surface area contributed by atoms with Crippen molar-refractivity contribution in [3.05, 3.63) is 89.7 Å². The number of nitrogens with zero attached hydrogens (tertiary/aromatic N) is 1. The molecule has 2 N–H and O–H groups in total. The SMILES string of the molecule is CC(C)CNC(=O)c1cc(NS(=O)(=O)c2ccc(F)cc2)ccc1N1CCC(Cc2ccccc2)CC1. The molecule has 1 amide bonds. The topological polar surface area (TPSA) is 78.5 Å². The van der Waals surface area contributed by atoms with Crippen molar-refractivity contribution in [1.82, 2.24) is 5.32 Å². The Morgan fingerprint density at radius 2 is 1.68 bits per heavy atom. The summed E-state index contributed by atoms with van der Waals surface area (Å²) < 4.78 is 41.5. The van der Waals surface area contributed by atoms with Gasteiger partial charge in [-0.25, -0.2) is 12.8 Å². The van der Waals surface area contributed by atoms with E-state index >= 15 is 0 Å². The van der Waals surface area contributed by atoms with Crippen molar-refractivity contribution >= 4 is 27.3 Å². The number of carbonyl (C=O) groups is 1. The molecule has 0 aromatic heterocycles. The van der Waals surface area contributed by atoms with E-state index in [1.54, 1.807) is 12.1 Å². The molecule has 0 bridgehead atoms. The Bertz CT molecular complexity index is 1300. The van der Waals surface area contributed by atoms with Crippen molar-refractivity contribution in [3.63, 3.8) is 0 Å². The summed E-state index contributed by atoms with van der Waals surface area (Å²) in [5.41, 5.74) is 2.85. The maximum Gasteiger partial charge on any atom is 0.261 e. The second-order valence-electron chi connectivity index (χ2n) is 10.0. The predicted molar refractivity (Wildman–Crippen MR) is 146 cm³/mol. The number of halogens is 1. The third kappa shape index (κ3) is 7.10. The molecule has 6 nitrogen and oxygen atoms in total. The van der Waals surface area contributed by atoms with E-state index in [9.17, 15) is 17.6 Å². The maximum atomic E-state index is 13.3. The van der Waals surface area contributed by atoms with Crippen molar-refractivity contribution in [1.29, 1.82) is 0 Å². The van der Waals surface area contributed by atoms with E-state index in [-0.39, 0.29) is 22.4 Å². The maximum absolute atomic E-state index is 13.3. The fourth-order valence-electron chi connectivity index (χ4n) is 4.60. The van der Waals surface area contributed by atoms with Crippen LogP contribution >= 0.6 is 0 Å². The van der Waals surface area contributed by atoms with Crippen LogP contribution in [0.2, 0.25) is 0 Å². The van der Waals surface area contributed by atoms with Gasteiger partial charge in [-0.2, -0.15) is 0 Å². The van der Waals surface area contributed by atoms with Crippen LogP contribution in [0.15, 0.2) is 77.7 Å². The standard InChI is InChI=1S/C29H34FN3O3S/c1-21(2)20-31-29(34)27-19-25(32-37(35,36)26-11-8-24(30)9-12-26)10-13-28(27)33-16-14-23(15-17-33)18-22-6-4-3-5-7-22/h3-13,19,21,23,32H,14-18,20H2,1-2H3,(H,31,34). The molecule has 0 atom stereocenters. The van der Waals surface area contributed by atoms with E-state index in [0.717, 1.165) is 50.2 Å². The highest BCUT2D eigenvalue weighted by Crippen LogP contribution is 2.31. The number of piperidine rings is 1. The molecule has 0 spiro atoms. The summed E-state index contributed by atoms with van der Waals surface area (Å²) in [6.07, 6.45) is 3.07. The van der Waals surface area contributed by atoms with Crippen LogP contribution < -0.4 is 14.9 Å². The summed E-state index contributed by atoms with van der Waals surface area (Å²) in [5, 5.41) is 2.96. The van der Waals surface area contributed by atoms with Crippen LogP contribution in [0.3, 0.4) is 0 Å². The Morgan fingerprint density at radius 1 is 1.00 bits per heavy atom. The fraction of sp³-hybridized carbons (Fsp3) is 0.345. The van der Waals surface area contributed by atoms with Crippen LogP contribution in [0.4, 0.5) is 15.8 Å². The van der Waals surface area contributed by atoms with Crippen LogP contribution in [-0.4, -0.2) is 34.0 Å². The molecule has 1 saturated heterocycles. The molecule has 1 aliphatic heterocycles. The van der Waals surface area contributed by atoms with Crippen LogP contribution in [-0.2, 0) is 16.4 Å². The van der Waals surface area contributed by atoms with E-state index in [2.05, 4.69) is 39.2 Å². The molecule has 0 radical (unpaired) electrons. The Balaban J connectivity index is 1.53. The first kappa shape index (κ1) is 26.7. The molecule has 3 aromatic rings. The molecule has 1 heterocycles. The highest BCUT2D eigenvalue weighted by Gasteiger charge is 2.24. The first-order valence-electron chi connectivity index (χ1n) is 12.7. The summed E-state index contributed by atoms with van der Waals surface area (Å²) in [6, 6.07) is 20.2. The lowest BCUT2D eigenvalue weighted by Gasteiger charge is -2.35. The number of nitrogens with one attached hydrogen (secondary N) is 2. The first-order chi connectivity index (χ1) is 17.7. The Labute approximate surface area is 219 Å². The number of sulfonamides is 1. The van der Waals surface area contributed by atoms with Crippen molar-refractivity contribution in [2.45, 2.75) is 38.0 Å². The lowest BCUT2D eigenvalue weighted by Crippen LogP contribution is -2.36. The lowest BCUT2D eigenvalue weighted by atomic mass is 9.89. The molecule has 4 rings (SSSR count). The van der Waals surface area contributed by atoms with Gasteiger partial charge in [0.05, 0.1) is 10.5 Å². The van der Waals surface area contributed by atoms with Gasteiger partial charge in [0.25, 0.3) is 15.9 Å². The third-order valence-corrected chi connectivity index (χ3v) is 8.01. The summed E-state index contributed by atoms with van der Waals surface area (Å²) in [7, 11) is -3.94. The molecule has 1 aliphatic rings. The summed E-state index contributed by atoms with van der Waals surface area (Å²) in [4.78, 5) is 15.3. The zero-order valence-corrected chi connectivity index (χ0v) is 22.1. The van der Waals surface area contributed by atoms with Gasteiger partial charge in [0.2, 0.25) is 0 Å². The zero-order valence-electron chi connectivity index (χ0n) is 21.3. The molecule has 0 unspecified atom stereocenters. The number of hydrogen-bond donors (Lipinski definition) is 2. The number of amides is 1. The average molecular weight is 524 g/mol. The minimum Gasteiger partial charge on any atom is -0.371 e. The number of rotatable bonds is 9. The van der Waals surface area contributed by atoms with E-state index in [4.69, 9.17) is 0 Å². The van der Waals surface area contributed by atoms with E-state index in [1.807, 2.05) is 26.0 Å². The van der Waals surface area contributed by atoms with Crippen LogP contribution in [0.25, 0.3) is 0 Å². The molecule has 0 aliphatic carbocycles. The smallest absolute Gasteiger partial charge is 0.261 e. The third-order valence-electron chi connectivity index (χ3n) is 6.61. The van der Waals surface area contributed by atoms with Gasteiger partial charge in [-0.1, -0.05) is 44.2 Å². The summed E-state index contributed by atoms with van der Waals surface area (Å²) >= 11 is 0. The minimum atomic E-state index is -3.94. The quantitative estimate of drug-likeness (QED) is 0.390. The van der Waals surface area contributed by atoms with Gasteiger partial charge in [0, 0.05) is 31.0 Å². The van der Waals surface area contributed by atoms with Crippen molar-refractivity contribution in [2.75, 3.05) is 29.3 Å². The van der Waals surface area contributed by atoms with Crippen molar-refractivity contribution in [3.8, 4) is 0 Å². The van der Waals surface area contributed by atoms with Crippen LogP contribution in [0.5, 0.6) is 0 Å². The Kier molecular flexibility index (Phi) is 8.48. The van der Waals surface area contributed by atoms with Gasteiger partial charge in [-0.15, -0.1) is 0 Å². The molecule has 196 valence electrons. The van der Waals surface area contributed by atoms with Gasteiger partial charge in [0.15, 0.2) is 0 Å². The van der Waals surface area contributed by atoms with E-state index < -0.39 is 15.8 Å². The van der Waals surface area contributed by atoms with E-state index in [0.29, 0.717) is 18.0 Å². The normalized spacial score (nSPS) is 14.5. The number of carbonyl (C=O) groups excluding carboxylic acids is 1. The number of anilines is 2. The average Bonchev–Trinajstić information content (AvgIpc) is 2.88. The minimum absolute atomic E-state index is 0.0516. The second-order valence-corrected chi connectivity index (χ2v) is 11.7. The fourth-order valence-corrected chi connectivity index (χ4v) is 5.65. The molecular weight excluding hydrogens is 489 g/mol. The lowest BCUT2D eigenvalue weighted by molar-refractivity contribution is 0.0949. The highest BCUT2D eigenvalue weighted by molar-refractivity contribution is 7.92. The van der Waals surface area contributed by atoms with Crippen LogP contribution in [0.1, 0.15) is 42.6 Å². The Morgan fingerprint density at radius 3 is 2.32 bits per heavy atom. The number of benzene rings is 3. The second kappa shape index (κ2) is 11.8.